The maximum Gasteiger partial charge on any atom is 0.169 e. The van der Waals surface area contributed by atoms with Crippen molar-refractivity contribution < 1.29 is 9.47 Å². The molecule has 1 saturated heterocycles. The number of aromatic nitrogens is 7. The van der Waals surface area contributed by atoms with E-state index in [1.54, 1.807) is 6.20 Å². The van der Waals surface area contributed by atoms with Crippen molar-refractivity contribution in [2.24, 2.45) is 0 Å². The molecule has 9 heteroatoms. The zero-order valence-corrected chi connectivity index (χ0v) is 21.4. The molecule has 2 aliphatic rings. The molecule has 4 aromatic heterocycles. The van der Waals surface area contributed by atoms with Crippen LogP contribution in [0.5, 0.6) is 0 Å². The molecule has 0 aromatic carbocycles. The number of nitrogens with zero attached hydrogens (tertiary/aromatic N) is 7. The minimum absolute atomic E-state index is 0.0103. The Morgan fingerprint density at radius 3 is 2.53 bits per heavy atom. The Balaban J connectivity index is 1.28. The van der Waals surface area contributed by atoms with Gasteiger partial charge in [-0.25, -0.2) is 9.50 Å². The summed E-state index contributed by atoms with van der Waals surface area (Å²) < 4.78 is 18.5. The van der Waals surface area contributed by atoms with E-state index in [-0.39, 0.29) is 17.9 Å². The third-order valence-corrected chi connectivity index (χ3v) is 7.93. The van der Waals surface area contributed by atoms with E-state index in [4.69, 9.17) is 14.5 Å². The fourth-order valence-electron chi connectivity index (χ4n) is 5.63. The van der Waals surface area contributed by atoms with E-state index in [0.29, 0.717) is 12.6 Å². The molecular formula is C27H35N7O2. The van der Waals surface area contributed by atoms with Gasteiger partial charge in [-0.15, -0.1) is 0 Å². The molecule has 1 aliphatic heterocycles. The molecule has 2 fully saturated rings. The van der Waals surface area contributed by atoms with Gasteiger partial charge in [-0.05, 0) is 38.7 Å². The molecule has 6 rings (SSSR count). The van der Waals surface area contributed by atoms with Gasteiger partial charge in [0, 0.05) is 36.4 Å². The highest BCUT2D eigenvalue weighted by atomic mass is 16.7. The predicted octanol–water partition coefficient (Wildman–Crippen LogP) is 5.45. The van der Waals surface area contributed by atoms with Crippen LogP contribution in [0.25, 0.3) is 28.0 Å². The van der Waals surface area contributed by atoms with Gasteiger partial charge in [-0.3, -0.25) is 9.36 Å². The molecule has 0 amide bonds. The van der Waals surface area contributed by atoms with Crippen LogP contribution in [-0.2, 0) is 9.47 Å². The van der Waals surface area contributed by atoms with Crippen molar-refractivity contribution in [2.75, 3.05) is 6.61 Å². The second-order valence-corrected chi connectivity index (χ2v) is 10.2. The molecule has 36 heavy (non-hydrogen) atoms. The molecule has 0 radical (unpaired) electrons. The Kier molecular flexibility index (Phi) is 6.13. The van der Waals surface area contributed by atoms with Crippen LogP contribution >= 0.6 is 0 Å². The number of ether oxygens (including phenoxy) is 2. The Morgan fingerprint density at radius 2 is 1.72 bits per heavy atom. The second kappa shape index (κ2) is 9.44. The summed E-state index contributed by atoms with van der Waals surface area (Å²) in [5.74, 6) is -0.381. The van der Waals surface area contributed by atoms with E-state index in [1.807, 2.05) is 33.9 Å². The van der Waals surface area contributed by atoms with Crippen LogP contribution in [0.4, 0.5) is 0 Å². The summed E-state index contributed by atoms with van der Waals surface area (Å²) in [6, 6.07) is 2.44. The van der Waals surface area contributed by atoms with Gasteiger partial charge in [0.05, 0.1) is 60.4 Å². The molecular weight excluding hydrogens is 454 g/mol. The Hall–Kier alpha value is -3.04. The molecule has 1 unspecified atom stereocenters. The van der Waals surface area contributed by atoms with Gasteiger partial charge < -0.3 is 9.47 Å². The molecule has 190 valence electrons. The highest BCUT2D eigenvalue weighted by molar-refractivity contribution is 5.78. The number of hydrogen-bond donors (Lipinski definition) is 0. The summed E-state index contributed by atoms with van der Waals surface area (Å²) >= 11 is 0. The molecule has 0 bridgehead atoms. The summed E-state index contributed by atoms with van der Waals surface area (Å²) in [6.45, 7) is 7.15. The summed E-state index contributed by atoms with van der Waals surface area (Å²) in [7, 11) is 0. The summed E-state index contributed by atoms with van der Waals surface area (Å²) in [5.41, 5.74) is 4.58. The van der Waals surface area contributed by atoms with Gasteiger partial charge >= 0.3 is 0 Å². The number of rotatable bonds is 7. The van der Waals surface area contributed by atoms with Gasteiger partial charge in [-0.1, -0.05) is 20.3 Å². The van der Waals surface area contributed by atoms with Crippen molar-refractivity contribution >= 4 is 5.52 Å². The van der Waals surface area contributed by atoms with Crippen molar-refractivity contribution in [1.29, 1.82) is 0 Å². The van der Waals surface area contributed by atoms with Gasteiger partial charge in [0.15, 0.2) is 5.79 Å². The Bertz CT molecular complexity index is 1330. The van der Waals surface area contributed by atoms with Gasteiger partial charge in [0.2, 0.25) is 0 Å². The van der Waals surface area contributed by atoms with E-state index >= 15 is 0 Å². The molecule has 1 aliphatic carbocycles. The van der Waals surface area contributed by atoms with Crippen LogP contribution in [0.1, 0.15) is 77.8 Å². The first kappa shape index (κ1) is 23.4. The summed E-state index contributed by atoms with van der Waals surface area (Å²) in [4.78, 5) is 5.05. The van der Waals surface area contributed by atoms with Crippen LogP contribution in [-0.4, -0.2) is 52.7 Å². The van der Waals surface area contributed by atoms with Crippen molar-refractivity contribution in [1.82, 2.24) is 34.2 Å². The number of fused-ring (bicyclic) bond motifs is 1. The lowest BCUT2D eigenvalue weighted by Crippen LogP contribution is -2.34. The maximum atomic E-state index is 6.46. The van der Waals surface area contributed by atoms with Crippen molar-refractivity contribution in [3.63, 3.8) is 0 Å². The zero-order chi connectivity index (χ0) is 24.7. The molecule has 4 aromatic rings. The summed E-state index contributed by atoms with van der Waals surface area (Å²) in [5, 5.41) is 13.8. The fourth-order valence-corrected chi connectivity index (χ4v) is 5.63. The third-order valence-electron chi connectivity index (χ3n) is 7.93. The molecule has 5 heterocycles. The van der Waals surface area contributed by atoms with Crippen LogP contribution in [0.2, 0.25) is 0 Å². The highest BCUT2D eigenvalue weighted by Gasteiger charge is 2.44. The quantitative estimate of drug-likeness (QED) is 0.343. The smallest absolute Gasteiger partial charge is 0.169 e. The van der Waals surface area contributed by atoms with Gasteiger partial charge in [0.1, 0.15) is 6.10 Å². The zero-order valence-electron chi connectivity index (χ0n) is 21.4. The van der Waals surface area contributed by atoms with Crippen LogP contribution < -0.4 is 0 Å². The predicted molar refractivity (Wildman–Crippen MR) is 136 cm³/mol. The largest absolute Gasteiger partial charge is 0.347 e. The number of hydrogen-bond acceptors (Lipinski definition) is 6. The van der Waals surface area contributed by atoms with Crippen LogP contribution in [0, 0.1) is 0 Å². The first-order valence-corrected chi connectivity index (χ1v) is 13.3. The second-order valence-electron chi connectivity index (χ2n) is 10.2. The SMILES string of the molecule is CCC(CC)n1cc(-c2nc(-c3cnn([C@H](C)C4COC5(CCCCC5)O4)c3)cn3nccc23)cn1. The minimum Gasteiger partial charge on any atom is -0.347 e. The van der Waals surface area contributed by atoms with E-state index in [0.717, 1.165) is 53.7 Å². The molecule has 1 saturated carbocycles. The fraction of sp³-hybridized carbons (Fsp3) is 0.556. The van der Waals surface area contributed by atoms with Crippen molar-refractivity contribution in [3.8, 4) is 22.5 Å². The molecule has 2 atom stereocenters. The Labute approximate surface area is 211 Å². The average molecular weight is 490 g/mol. The lowest BCUT2D eigenvalue weighted by molar-refractivity contribution is -0.190. The average Bonchev–Trinajstić information content (AvgIpc) is 3.71. The standard InChI is InChI=1S/C27H35N7O2/c1-4-22(5-2)33-16-21(14-30-33)26-24-9-12-28-34(24)17-23(31-26)20-13-29-32(15-20)19(3)25-18-35-27(36-25)10-7-6-8-11-27/h9,12-17,19,22,25H,4-8,10-11,18H2,1-3H3/t19-,25?/m1/s1. The highest BCUT2D eigenvalue weighted by Crippen LogP contribution is 2.40. The van der Waals surface area contributed by atoms with Gasteiger partial charge in [-0.2, -0.15) is 15.3 Å². The van der Waals surface area contributed by atoms with E-state index in [9.17, 15) is 0 Å². The minimum atomic E-state index is -0.381. The van der Waals surface area contributed by atoms with E-state index in [2.05, 4.69) is 53.1 Å². The van der Waals surface area contributed by atoms with Crippen molar-refractivity contribution in [2.45, 2.75) is 89.7 Å². The van der Waals surface area contributed by atoms with E-state index < -0.39 is 0 Å². The lowest BCUT2D eigenvalue weighted by Gasteiger charge is -2.32. The van der Waals surface area contributed by atoms with Gasteiger partial charge in [0.25, 0.3) is 0 Å². The molecule has 0 N–H and O–H groups in total. The summed E-state index contributed by atoms with van der Waals surface area (Å²) in [6.07, 6.45) is 19.4. The topological polar surface area (TPSA) is 84.3 Å². The molecule has 1 spiro atoms. The normalized spacial score (nSPS) is 20.6. The van der Waals surface area contributed by atoms with Crippen LogP contribution in [0.15, 0.2) is 43.2 Å². The lowest BCUT2D eigenvalue weighted by atomic mass is 9.94. The van der Waals surface area contributed by atoms with Crippen molar-refractivity contribution in [3.05, 3.63) is 43.2 Å². The Morgan fingerprint density at radius 1 is 0.972 bits per heavy atom. The first-order chi connectivity index (χ1) is 17.6. The monoisotopic (exact) mass is 489 g/mol. The third kappa shape index (κ3) is 4.14. The molecule has 9 nitrogen and oxygen atoms in total. The van der Waals surface area contributed by atoms with Crippen LogP contribution in [0.3, 0.4) is 0 Å². The maximum absolute atomic E-state index is 6.46. The first-order valence-electron chi connectivity index (χ1n) is 13.3. The van der Waals surface area contributed by atoms with E-state index in [1.165, 1.54) is 19.3 Å².